The molecule has 17 heavy (non-hydrogen) atoms. The summed E-state index contributed by atoms with van der Waals surface area (Å²) in [5.41, 5.74) is -0.298. The van der Waals surface area contributed by atoms with Crippen molar-refractivity contribution in [1.29, 1.82) is 0 Å². The second-order valence-electron chi connectivity index (χ2n) is 4.97. The Labute approximate surface area is 101 Å². The maximum atomic E-state index is 11.5. The monoisotopic (exact) mass is 244 g/mol. The molecule has 6 nitrogen and oxygen atoms in total. The van der Waals surface area contributed by atoms with Gasteiger partial charge in [0.1, 0.15) is 12.6 Å². The summed E-state index contributed by atoms with van der Waals surface area (Å²) in [5, 5.41) is 14.4. The maximum Gasteiger partial charge on any atom is 0.326 e. The minimum Gasteiger partial charge on any atom is -0.480 e. The van der Waals surface area contributed by atoms with Gasteiger partial charge in [-0.2, -0.15) is 0 Å². The molecule has 1 fully saturated rings. The molecular formula is C11H20N2O4. The molecule has 1 saturated heterocycles. The molecule has 0 aromatic carbocycles. The Hall–Kier alpha value is -1.14. The average molecular weight is 244 g/mol. The van der Waals surface area contributed by atoms with Crippen LogP contribution in [0.25, 0.3) is 0 Å². The minimum atomic E-state index is -1.02. The number of aliphatic carboxylic acids is 1. The fraction of sp³-hybridized carbons (Fsp3) is 0.818. The fourth-order valence-corrected chi connectivity index (χ4v) is 1.55. The second-order valence-corrected chi connectivity index (χ2v) is 4.97. The Bertz CT molecular complexity index is 300. The van der Waals surface area contributed by atoms with Crippen LogP contribution >= 0.6 is 0 Å². The van der Waals surface area contributed by atoms with E-state index in [1.54, 1.807) is 13.8 Å². The molecule has 98 valence electrons. The summed E-state index contributed by atoms with van der Waals surface area (Å²) < 4.78 is 5.42. The normalized spacial score (nSPS) is 19.5. The van der Waals surface area contributed by atoms with E-state index in [4.69, 9.17) is 9.84 Å². The first-order chi connectivity index (χ1) is 7.84. The number of amides is 1. The quantitative estimate of drug-likeness (QED) is 0.591. The lowest BCUT2D eigenvalue weighted by Gasteiger charge is -2.38. The molecule has 0 radical (unpaired) electrons. The topological polar surface area (TPSA) is 87.7 Å². The molecule has 1 aliphatic heterocycles. The summed E-state index contributed by atoms with van der Waals surface area (Å²) in [7, 11) is 0. The number of carboxylic acids is 1. The van der Waals surface area contributed by atoms with E-state index in [1.165, 1.54) is 0 Å². The molecule has 0 aliphatic carbocycles. The molecule has 1 rings (SSSR count). The van der Waals surface area contributed by atoms with E-state index < -0.39 is 12.0 Å². The lowest BCUT2D eigenvalue weighted by atomic mass is 10.0. The van der Waals surface area contributed by atoms with Crippen molar-refractivity contribution in [3.05, 3.63) is 0 Å². The first kappa shape index (κ1) is 13.9. The molecule has 6 heteroatoms. The van der Waals surface area contributed by atoms with Crippen molar-refractivity contribution in [2.24, 2.45) is 5.92 Å². The van der Waals surface area contributed by atoms with Gasteiger partial charge in [-0.25, -0.2) is 4.79 Å². The summed E-state index contributed by atoms with van der Waals surface area (Å²) in [6.45, 7) is 6.73. The van der Waals surface area contributed by atoms with Gasteiger partial charge in [-0.05, 0) is 12.8 Å². The summed E-state index contributed by atoms with van der Waals surface area (Å²) in [6, 6.07) is -0.863. The SMILES string of the molecule is CC(C)[C@H](NC(=O)COC1(C)CNC1)C(=O)O. The third-order valence-electron chi connectivity index (χ3n) is 2.80. The Morgan fingerprint density at radius 1 is 1.47 bits per heavy atom. The van der Waals surface area contributed by atoms with Crippen molar-refractivity contribution in [2.45, 2.75) is 32.4 Å². The van der Waals surface area contributed by atoms with Gasteiger partial charge in [-0.1, -0.05) is 13.8 Å². The van der Waals surface area contributed by atoms with Crippen LogP contribution in [0.2, 0.25) is 0 Å². The molecule has 1 atom stereocenters. The Morgan fingerprint density at radius 3 is 2.41 bits per heavy atom. The zero-order chi connectivity index (χ0) is 13.1. The highest BCUT2D eigenvalue weighted by Gasteiger charge is 2.33. The number of carbonyl (C=O) groups is 2. The zero-order valence-corrected chi connectivity index (χ0v) is 10.4. The predicted molar refractivity (Wildman–Crippen MR) is 61.6 cm³/mol. The van der Waals surface area contributed by atoms with E-state index >= 15 is 0 Å². The number of carboxylic acid groups (broad SMARTS) is 1. The van der Waals surface area contributed by atoms with Crippen molar-refractivity contribution in [3.63, 3.8) is 0 Å². The molecule has 1 aliphatic rings. The average Bonchev–Trinajstić information content (AvgIpc) is 2.19. The van der Waals surface area contributed by atoms with Crippen LogP contribution in [0.15, 0.2) is 0 Å². The van der Waals surface area contributed by atoms with Gasteiger partial charge in [0.15, 0.2) is 0 Å². The molecule has 0 unspecified atom stereocenters. The highest BCUT2D eigenvalue weighted by atomic mass is 16.5. The van der Waals surface area contributed by atoms with Crippen LogP contribution in [0.5, 0.6) is 0 Å². The van der Waals surface area contributed by atoms with Crippen molar-refractivity contribution in [3.8, 4) is 0 Å². The van der Waals surface area contributed by atoms with Crippen LogP contribution in [-0.4, -0.2) is 48.3 Å². The smallest absolute Gasteiger partial charge is 0.326 e. The Morgan fingerprint density at radius 2 is 2.06 bits per heavy atom. The van der Waals surface area contributed by atoms with Gasteiger partial charge in [-0.3, -0.25) is 4.79 Å². The molecule has 0 aromatic heterocycles. The third kappa shape index (κ3) is 3.98. The molecule has 1 amide bonds. The largest absolute Gasteiger partial charge is 0.480 e. The van der Waals surface area contributed by atoms with Crippen LogP contribution < -0.4 is 10.6 Å². The maximum absolute atomic E-state index is 11.5. The van der Waals surface area contributed by atoms with Crippen LogP contribution in [-0.2, 0) is 14.3 Å². The number of hydrogen-bond donors (Lipinski definition) is 3. The van der Waals surface area contributed by atoms with Crippen LogP contribution in [0.1, 0.15) is 20.8 Å². The van der Waals surface area contributed by atoms with Gasteiger partial charge in [0.05, 0.1) is 5.60 Å². The van der Waals surface area contributed by atoms with Crippen molar-refractivity contribution < 1.29 is 19.4 Å². The van der Waals surface area contributed by atoms with Crippen LogP contribution in [0.4, 0.5) is 0 Å². The highest BCUT2D eigenvalue weighted by Crippen LogP contribution is 2.14. The summed E-state index contributed by atoms with van der Waals surface area (Å²) in [4.78, 5) is 22.4. The minimum absolute atomic E-state index is 0.103. The third-order valence-corrected chi connectivity index (χ3v) is 2.80. The van der Waals surface area contributed by atoms with Gasteiger partial charge in [0, 0.05) is 13.1 Å². The molecule has 0 aromatic rings. The molecule has 0 bridgehead atoms. The van der Waals surface area contributed by atoms with E-state index in [2.05, 4.69) is 10.6 Å². The Balaban J connectivity index is 2.34. The summed E-state index contributed by atoms with van der Waals surface area (Å²) >= 11 is 0. The molecule has 0 saturated carbocycles. The summed E-state index contributed by atoms with van der Waals surface area (Å²) in [5.74, 6) is -1.57. The fourth-order valence-electron chi connectivity index (χ4n) is 1.55. The van der Waals surface area contributed by atoms with Gasteiger partial charge in [0.2, 0.25) is 5.91 Å². The first-order valence-electron chi connectivity index (χ1n) is 5.71. The van der Waals surface area contributed by atoms with Crippen LogP contribution in [0, 0.1) is 5.92 Å². The van der Waals surface area contributed by atoms with Crippen molar-refractivity contribution in [1.82, 2.24) is 10.6 Å². The van der Waals surface area contributed by atoms with E-state index in [0.29, 0.717) is 13.1 Å². The van der Waals surface area contributed by atoms with E-state index in [0.717, 1.165) is 0 Å². The van der Waals surface area contributed by atoms with E-state index in [-0.39, 0.29) is 24.0 Å². The molecular weight excluding hydrogens is 224 g/mol. The number of hydrogen-bond acceptors (Lipinski definition) is 4. The number of rotatable bonds is 6. The lowest BCUT2D eigenvalue weighted by Crippen LogP contribution is -2.60. The van der Waals surface area contributed by atoms with Crippen molar-refractivity contribution >= 4 is 11.9 Å². The van der Waals surface area contributed by atoms with Crippen molar-refractivity contribution in [2.75, 3.05) is 19.7 Å². The standard InChI is InChI=1S/C11H20N2O4/c1-7(2)9(10(15)16)13-8(14)4-17-11(3)5-12-6-11/h7,9,12H,4-6H2,1-3H3,(H,13,14)(H,15,16)/t9-/m0/s1. The van der Waals surface area contributed by atoms with Gasteiger partial charge < -0.3 is 20.5 Å². The molecule has 3 N–H and O–H groups in total. The number of ether oxygens (including phenoxy) is 1. The van der Waals surface area contributed by atoms with E-state index in [9.17, 15) is 9.59 Å². The first-order valence-corrected chi connectivity index (χ1v) is 5.71. The van der Waals surface area contributed by atoms with Gasteiger partial charge in [-0.15, -0.1) is 0 Å². The van der Waals surface area contributed by atoms with Gasteiger partial charge >= 0.3 is 5.97 Å². The number of carbonyl (C=O) groups excluding carboxylic acids is 1. The van der Waals surface area contributed by atoms with Gasteiger partial charge in [0.25, 0.3) is 0 Å². The predicted octanol–water partition coefficient (Wildman–Crippen LogP) is -0.410. The Kier molecular flexibility index (Phi) is 4.47. The lowest BCUT2D eigenvalue weighted by molar-refractivity contribution is -0.146. The number of nitrogens with one attached hydrogen (secondary N) is 2. The second kappa shape index (κ2) is 5.46. The summed E-state index contributed by atoms with van der Waals surface area (Å²) in [6.07, 6.45) is 0. The highest BCUT2D eigenvalue weighted by molar-refractivity contribution is 5.84. The molecule has 1 heterocycles. The van der Waals surface area contributed by atoms with E-state index in [1.807, 2.05) is 6.92 Å². The van der Waals surface area contributed by atoms with Crippen LogP contribution in [0.3, 0.4) is 0 Å². The molecule has 0 spiro atoms. The zero-order valence-electron chi connectivity index (χ0n) is 10.4.